The third-order valence-electron chi connectivity index (χ3n) is 7.52. The summed E-state index contributed by atoms with van der Waals surface area (Å²) in [6.45, 7) is 1.38. The second-order valence-electron chi connectivity index (χ2n) is 10.7. The molecule has 3 aromatic carbocycles. The molecule has 11 heteroatoms. The number of hydrogen-bond acceptors (Lipinski definition) is 7. The van der Waals surface area contributed by atoms with E-state index >= 15 is 4.39 Å². The number of carboxylic acids is 1. The van der Waals surface area contributed by atoms with E-state index in [-0.39, 0.29) is 23.2 Å². The molecule has 0 aliphatic carbocycles. The first-order chi connectivity index (χ1) is 21.8. The van der Waals surface area contributed by atoms with Gasteiger partial charge in [-0.05, 0) is 66.5 Å². The molecule has 45 heavy (non-hydrogen) atoms. The second kappa shape index (κ2) is 13.5. The molecular formula is C34H29FN4O4S2. The molecule has 1 aliphatic heterocycles. The van der Waals surface area contributed by atoms with Crippen molar-refractivity contribution < 1.29 is 23.8 Å². The minimum atomic E-state index is -0.767. The van der Waals surface area contributed by atoms with Crippen LogP contribution in [-0.2, 0) is 22.6 Å². The van der Waals surface area contributed by atoms with Crippen LogP contribution < -0.4 is 15.4 Å². The van der Waals surface area contributed by atoms with Crippen molar-refractivity contribution in [1.82, 2.24) is 15.2 Å². The third kappa shape index (κ3) is 7.34. The van der Waals surface area contributed by atoms with Crippen molar-refractivity contribution >= 4 is 56.4 Å². The van der Waals surface area contributed by atoms with E-state index in [1.165, 1.54) is 23.5 Å². The number of carboxylic acid groups (broad SMARTS) is 1. The fourth-order valence-corrected chi connectivity index (χ4v) is 6.64. The normalized spacial score (nSPS) is 14.7. The number of nitrogens with one attached hydrogen (secondary N) is 2. The summed E-state index contributed by atoms with van der Waals surface area (Å²) < 4.78 is 21.9. The van der Waals surface area contributed by atoms with Gasteiger partial charge in [-0.2, -0.15) is 0 Å². The number of benzene rings is 3. The number of fused-ring (bicyclic) bond motifs is 1. The first-order valence-electron chi connectivity index (χ1n) is 14.4. The largest absolute Gasteiger partial charge is 0.480 e. The number of halogens is 1. The average molecular weight is 641 g/mol. The number of aliphatic carboxylic acids is 1. The van der Waals surface area contributed by atoms with E-state index in [0.717, 1.165) is 44.7 Å². The fourth-order valence-electron chi connectivity index (χ4n) is 5.34. The van der Waals surface area contributed by atoms with Crippen LogP contribution in [0.4, 0.5) is 10.1 Å². The molecular weight excluding hydrogens is 612 g/mol. The van der Waals surface area contributed by atoms with Crippen LogP contribution in [0.25, 0.3) is 20.7 Å². The zero-order valence-corrected chi connectivity index (χ0v) is 25.7. The van der Waals surface area contributed by atoms with Crippen LogP contribution >= 0.6 is 23.6 Å². The fraction of sp³-hybridized carbons (Fsp3) is 0.176. The maximum Gasteiger partial charge on any atom is 0.320 e. The molecule has 1 amide bonds. The summed E-state index contributed by atoms with van der Waals surface area (Å²) in [5.74, 6) is -1.13. The monoisotopic (exact) mass is 640 g/mol. The summed E-state index contributed by atoms with van der Waals surface area (Å²) in [6.07, 6.45) is 3.37. The number of nitrogens with zero attached hydrogens (tertiary/aromatic N) is 2. The molecule has 8 nitrogen and oxygen atoms in total. The van der Waals surface area contributed by atoms with E-state index in [9.17, 15) is 14.7 Å². The van der Waals surface area contributed by atoms with Gasteiger partial charge in [0.25, 0.3) is 0 Å². The molecule has 1 fully saturated rings. The Kier molecular flexibility index (Phi) is 9.11. The summed E-state index contributed by atoms with van der Waals surface area (Å²) in [5.41, 5.74) is 4.01. The first-order valence-corrected chi connectivity index (χ1v) is 15.6. The number of thiocarbonyl (C=S) groups is 1. The summed E-state index contributed by atoms with van der Waals surface area (Å²) in [4.78, 5) is 31.3. The number of amides is 1. The van der Waals surface area contributed by atoms with E-state index in [2.05, 4.69) is 15.6 Å². The smallest absolute Gasteiger partial charge is 0.320 e. The van der Waals surface area contributed by atoms with Crippen molar-refractivity contribution in [3.8, 4) is 21.9 Å². The topological polar surface area (TPSA) is 104 Å². The van der Waals surface area contributed by atoms with Gasteiger partial charge in [-0.25, -0.2) is 4.39 Å². The predicted molar refractivity (Wildman–Crippen MR) is 177 cm³/mol. The highest BCUT2D eigenvalue weighted by molar-refractivity contribution is 7.80. The van der Waals surface area contributed by atoms with Gasteiger partial charge in [0.1, 0.15) is 11.8 Å². The number of carbonyl (C=O) groups excluding carboxylic acids is 1. The lowest BCUT2D eigenvalue weighted by Crippen LogP contribution is -2.35. The molecule has 1 unspecified atom stereocenters. The molecule has 0 radical (unpaired) electrons. The Morgan fingerprint density at radius 2 is 1.82 bits per heavy atom. The van der Waals surface area contributed by atoms with Crippen LogP contribution in [0.3, 0.4) is 0 Å². The Bertz CT molecular complexity index is 1860. The molecule has 1 atom stereocenters. The summed E-state index contributed by atoms with van der Waals surface area (Å²) in [7, 11) is 0. The minimum absolute atomic E-state index is 0.0352. The van der Waals surface area contributed by atoms with Crippen molar-refractivity contribution in [2.75, 3.05) is 11.9 Å². The second-order valence-corrected chi connectivity index (χ2v) is 12.2. The number of aromatic nitrogens is 1. The lowest BCUT2D eigenvalue weighted by molar-refractivity contribution is -0.142. The summed E-state index contributed by atoms with van der Waals surface area (Å²) in [6, 6.07) is 25.0. The van der Waals surface area contributed by atoms with Crippen molar-refractivity contribution in [2.45, 2.75) is 31.8 Å². The van der Waals surface area contributed by atoms with Crippen LogP contribution in [0.5, 0.6) is 11.5 Å². The van der Waals surface area contributed by atoms with Gasteiger partial charge in [-0.1, -0.05) is 54.6 Å². The molecule has 3 N–H and O–H groups in total. The molecule has 2 aromatic heterocycles. The first kappa shape index (κ1) is 30.3. The number of rotatable bonds is 9. The van der Waals surface area contributed by atoms with Gasteiger partial charge in [-0.3, -0.25) is 19.5 Å². The van der Waals surface area contributed by atoms with Gasteiger partial charge in [0.05, 0.1) is 16.6 Å². The van der Waals surface area contributed by atoms with Crippen molar-refractivity contribution in [3.63, 3.8) is 0 Å². The highest BCUT2D eigenvalue weighted by Crippen LogP contribution is 2.40. The highest BCUT2D eigenvalue weighted by Gasteiger charge is 2.30. The van der Waals surface area contributed by atoms with Crippen LogP contribution in [0.15, 0.2) is 91.1 Å². The zero-order chi connectivity index (χ0) is 31.3. The molecule has 0 saturated carbocycles. The van der Waals surface area contributed by atoms with Gasteiger partial charge in [0.15, 0.2) is 16.7 Å². The maximum absolute atomic E-state index is 15.1. The van der Waals surface area contributed by atoms with Crippen LogP contribution in [0.2, 0.25) is 0 Å². The van der Waals surface area contributed by atoms with Gasteiger partial charge >= 0.3 is 5.97 Å². The van der Waals surface area contributed by atoms with Crippen molar-refractivity contribution in [1.29, 1.82) is 0 Å². The Morgan fingerprint density at radius 1 is 1.02 bits per heavy atom. The number of ether oxygens (including phenoxy) is 1. The van der Waals surface area contributed by atoms with Crippen LogP contribution in [-0.4, -0.2) is 44.6 Å². The van der Waals surface area contributed by atoms with E-state index in [1.54, 1.807) is 18.3 Å². The number of pyridine rings is 1. The van der Waals surface area contributed by atoms with Crippen molar-refractivity contribution in [2.24, 2.45) is 0 Å². The van der Waals surface area contributed by atoms with Gasteiger partial charge < -0.3 is 20.5 Å². The lowest BCUT2D eigenvalue weighted by Gasteiger charge is -2.21. The van der Waals surface area contributed by atoms with E-state index in [1.807, 2.05) is 65.6 Å². The SMILES string of the molecule is O=C(Cc1ccccc1)NC(=S)Nc1ccc(Oc2ccnc3cc(-c4ccc(CN5CCCC5C(=O)O)cc4)sc23)c(F)c1. The van der Waals surface area contributed by atoms with Gasteiger partial charge in [0.2, 0.25) is 5.91 Å². The molecule has 5 aromatic rings. The molecule has 0 bridgehead atoms. The number of hydrogen-bond donors (Lipinski definition) is 3. The number of thiophene rings is 1. The molecule has 0 spiro atoms. The van der Waals surface area contributed by atoms with E-state index in [0.29, 0.717) is 24.4 Å². The van der Waals surface area contributed by atoms with Crippen LogP contribution in [0.1, 0.15) is 24.0 Å². The lowest BCUT2D eigenvalue weighted by atomic mass is 10.1. The van der Waals surface area contributed by atoms with Crippen LogP contribution in [0, 0.1) is 5.82 Å². The third-order valence-corrected chi connectivity index (χ3v) is 8.91. The van der Waals surface area contributed by atoms with Gasteiger partial charge in [0, 0.05) is 35.4 Å². The van der Waals surface area contributed by atoms with Gasteiger partial charge in [-0.15, -0.1) is 11.3 Å². The molecule has 1 aliphatic rings. The van der Waals surface area contributed by atoms with E-state index in [4.69, 9.17) is 17.0 Å². The maximum atomic E-state index is 15.1. The molecule has 3 heterocycles. The Morgan fingerprint density at radius 3 is 2.58 bits per heavy atom. The summed E-state index contributed by atoms with van der Waals surface area (Å²) in [5, 5.41) is 15.0. The number of carbonyl (C=O) groups is 2. The standard InChI is InChI=1S/C34H29FN4O4S2/c35-25-18-24(37-34(44)38-31(40)17-21-5-2-1-3-6-21)12-13-28(25)43-29-14-15-36-26-19-30(45-32(26)29)23-10-8-22(9-11-23)20-39-16-4-7-27(39)33(41)42/h1-3,5-6,8-15,18-19,27H,4,7,16-17,20H2,(H,41,42)(H2,37,38,40,44). The van der Waals surface area contributed by atoms with E-state index < -0.39 is 17.8 Å². The summed E-state index contributed by atoms with van der Waals surface area (Å²) >= 11 is 6.73. The number of likely N-dealkylation sites (tertiary alicyclic amines) is 1. The molecule has 6 rings (SSSR count). The average Bonchev–Trinajstić information content (AvgIpc) is 3.67. The number of anilines is 1. The minimum Gasteiger partial charge on any atom is -0.480 e. The predicted octanol–water partition coefficient (Wildman–Crippen LogP) is 7.00. The highest BCUT2D eigenvalue weighted by atomic mass is 32.1. The quantitative estimate of drug-likeness (QED) is 0.148. The van der Waals surface area contributed by atoms with Crippen molar-refractivity contribution in [3.05, 3.63) is 108 Å². The molecule has 1 saturated heterocycles. The Labute approximate surface area is 268 Å². The Hall–Kier alpha value is -4.71. The molecule has 228 valence electrons. The Balaban J connectivity index is 1.11. The zero-order valence-electron chi connectivity index (χ0n) is 24.0.